The Morgan fingerprint density at radius 2 is 1.57 bits per heavy atom. The summed E-state index contributed by atoms with van der Waals surface area (Å²) in [5, 5.41) is 3.25. The molecule has 2 aromatic carbocycles. The first-order valence-electron chi connectivity index (χ1n) is 8.85. The van der Waals surface area contributed by atoms with Crippen molar-refractivity contribution in [3.8, 4) is 0 Å². The molecule has 1 heterocycles. The van der Waals surface area contributed by atoms with Crippen LogP contribution in [0.15, 0.2) is 65.7 Å². The number of anilines is 4. The second-order valence-electron chi connectivity index (χ2n) is 6.87. The topological polar surface area (TPSA) is 74.3 Å². The first-order valence-corrected chi connectivity index (χ1v) is 10.3. The predicted octanol–water partition coefficient (Wildman–Crippen LogP) is 4.31. The summed E-state index contributed by atoms with van der Waals surface area (Å²) < 4.78 is 27.9. The smallest absolute Gasteiger partial charge is 0.263 e. The first kappa shape index (κ1) is 19.7. The van der Waals surface area contributed by atoms with Crippen LogP contribution < -0.4 is 14.9 Å². The molecule has 0 bridgehead atoms. The summed E-state index contributed by atoms with van der Waals surface area (Å²) in [6, 6.07) is 16.8. The van der Waals surface area contributed by atoms with E-state index in [2.05, 4.69) is 15.0 Å². The van der Waals surface area contributed by atoms with Crippen molar-refractivity contribution in [2.75, 3.05) is 29.0 Å². The summed E-state index contributed by atoms with van der Waals surface area (Å²) in [4.78, 5) is 6.51. The lowest BCUT2D eigenvalue weighted by Gasteiger charge is -2.14. The van der Waals surface area contributed by atoms with E-state index in [1.54, 1.807) is 37.4 Å². The van der Waals surface area contributed by atoms with Crippen molar-refractivity contribution in [3.05, 3.63) is 71.9 Å². The Morgan fingerprint density at radius 1 is 0.893 bits per heavy atom. The van der Waals surface area contributed by atoms with E-state index in [1.165, 1.54) is 0 Å². The molecular formula is C21H24N4O2S. The van der Waals surface area contributed by atoms with Gasteiger partial charge in [0.25, 0.3) is 10.0 Å². The van der Waals surface area contributed by atoms with Gasteiger partial charge in [0.15, 0.2) is 0 Å². The molecule has 3 aromatic rings. The molecule has 0 saturated heterocycles. The van der Waals surface area contributed by atoms with E-state index in [9.17, 15) is 8.42 Å². The Morgan fingerprint density at radius 3 is 2.18 bits per heavy atom. The lowest BCUT2D eigenvalue weighted by Crippen LogP contribution is -2.15. The van der Waals surface area contributed by atoms with Crippen LogP contribution in [-0.2, 0) is 10.0 Å². The molecule has 0 saturated carbocycles. The fourth-order valence-electron chi connectivity index (χ4n) is 2.73. The molecule has 146 valence electrons. The van der Waals surface area contributed by atoms with Gasteiger partial charge in [0, 0.05) is 25.5 Å². The number of pyridine rings is 1. The Kier molecular flexibility index (Phi) is 5.56. The number of hydrogen-bond acceptors (Lipinski definition) is 5. The highest BCUT2D eigenvalue weighted by Crippen LogP contribution is 2.22. The van der Waals surface area contributed by atoms with E-state index in [-0.39, 0.29) is 10.7 Å². The van der Waals surface area contributed by atoms with Crippen LogP contribution in [0.3, 0.4) is 0 Å². The standard InChI is InChI=1S/C21H24N4O2S/c1-15-5-6-16(2)20(13-15)28(26,27)24-21-12-9-18(14-22-21)23-17-7-10-19(11-8-17)25(3)4/h5-14,23H,1-4H3,(H,22,24). The molecule has 1 aromatic heterocycles. The SMILES string of the molecule is Cc1ccc(C)c(S(=O)(=O)Nc2ccc(Nc3ccc(N(C)C)cc3)cn2)c1. The largest absolute Gasteiger partial charge is 0.378 e. The third kappa shape index (κ3) is 4.61. The van der Waals surface area contributed by atoms with Gasteiger partial charge in [0.05, 0.1) is 16.8 Å². The number of aryl methyl sites for hydroxylation is 2. The molecule has 0 fully saturated rings. The lowest BCUT2D eigenvalue weighted by molar-refractivity contribution is 0.600. The van der Waals surface area contributed by atoms with Gasteiger partial charge in [0.2, 0.25) is 0 Å². The van der Waals surface area contributed by atoms with Crippen molar-refractivity contribution in [1.82, 2.24) is 4.98 Å². The molecule has 0 atom stereocenters. The van der Waals surface area contributed by atoms with Crippen molar-refractivity contribution in [1.29, 1.82) is 0 Å². The number of nitrogens with zero attached hydrogens (tertiary/aromatic N) is 2. The maximum Gasteiger partial charge on any atom is 0.263 e. The number of aromatic nitrogens is 1. The van der Waals surface area contributed by atoms with Gasteiger partial charge in [-0.2, -0.15) is 0 Å². The second kappa shape index (κ2) is 7.90. The van der Waals surface area contributed by atoms with Crippen molar-refractivity contribution >= 4 is 32.9 Å². The number of nitrogens with one attached hydrogen (secondary N) is 2. The highest BCUT2D eigenvalue weighted by atomic mass is 32.2. The number of hydrogen-bond donors (Lipinski definition) is 2. The fraction of sp³-hybridized carbons (Fsp3) is 0.190. The highest BCUT2D eigenvalue weighted by molar-refractivity contribution is 7.92. The minimum absolute atomic E-state index is 0.262. The van der Waals surface area contributed by atoms with Crippen LogP contribution >= 0.6 is 0 Å². The second-order valence-corrected chi connectivity index (χ2v) is 8.52. The average Bonchev–Trinajstić information content (AvgIpc) is 2.65. The minimum atomic E-state index is -3.69. The molecule has 0 aliphatic heterocycles. The summed E-state index contributed by atoms with van der Waals surface area (Å²) in [6.07, 6.45) is 1.60. The van der Waals surface area contributed by atoms with Crippen LogP contribution in [0.1, 0.15) is 11.1 Å². The van der Waals surface area contributed by atoms with Crippen LogP contribution in [0.5, 0.6) is 0 Å². The van der Waals surface area contributed by atoms with Gasteiger partial charge in [-0.3, -0.25) is 4.72 Å². The summed E-state index contributed by atoms with van der Waals surface area (Å²) >= 11 is 0. The van der Waals surface area contributed by atoms with Gasteiger partial charge in [0.1, 0.15) is 5.82 Å². The average molecular weight is 397 g/mol. The molecular weight excluding hydrogens is 372 g/mol. The maximum atomic E-state index is 12.7. The minimum Gasteiger partial charge on any atom is -0.378 e. The molecule has 3 rings (SSSR count). The summed E-state index contributed by atoms with van der Waals surface area (Å²) in [7, 11) is 0.292. The van der Waals surface area contributed by atoms with Gasteiger partial charge in [-0.1, -0.05) is 12.1 Å². The molecule has 28 heavy (non-hydrogen) atoms. The Hall–Kier alpha value is -3.06. The predicted molar refractivity (Wildman–Crippen MR) is 115 cm³/mol. The normalized spacial score (nSPS) is 11.1. The molecule has 0 spiro atoms. The Balaban J connectivity index is 1.73. The molecule has 0 radical (unpaired) electrons. The van der Waals surface area contributed by atoms with Crippen molar-refractivity contribution < 1.29 is 8.42 Å². The highest BCUT2D eigenvalue weighted by Gasteiger charge is 2.17. The van der Waals surface area contributed by atoms with Crippen LogP contribution in [-0.4, -0.2) is 27.5 Å². The Bertz CT molecular complexity index is 1060. The summed E-state index contributed by atoms with van der Waals surface area (Å²) in [5.41, 5.74) is 4.39. The first-order chi connectivity index (χ1) is 13.2. The zero-order valence-electron chi connectivity index (χ0n) is 16.4. The molecule has 6 nitrogen and oxygen atoms in total. The molecule has 7 heteroatoms. The zero-order chi connectivity index (χ0) is 20.3. The number of benzene rings is 2. The van der Waals surface area contributed by atoms with Crippen molar-refractivity contribution in [2.24, 2.45) is 0 Å². The molecule has 0 aliphatic rings. The van der Waals surface area contributed by atoms with Crippen LogP contribution in [0, 0.1) is 13.8 Å². The van der Waals surface area contributed by atoms with E-state index in [4.69, 9.17) is 0 Å². The van der Waals surface area contributed by atoms with Crippen molar-refractivity contribution in [3.63, 3.8) is 0 Å². The maximum absolute atomic E-state index is 12.7. The quantitative estimate of drug-likeness (QED) is 0.649. The number of rotatable bonds is 6. The number of sulfonamides is 1. The van der Waals surface area contributed by atoms with Crippen molar-refractivity contribution in [2.45, 2.75) is 18.7 Å². The molecule has 0 unspecified atom stereocenters. The van der Waals surface area contributed by atoms with Crippen LogP contribution in [0.25, 0.3) is 0 Å². The van der Waals surface area contributed by atoms with Gasteiger partial charge in [-0.25, -0.2) is 13.4 Å². The van der Waals surface area contributed by atoms with E-state index < -0.39 is 10.0 Å². The van der Waals surface area contributed by atoms with Gasteiger partial charge < -0.3 is 10.2 Å². The van der Waals surface area contributed by atoms with E-state index in [0.29, 0.717) is 5.56 Å². The van der Waals surface area contributed by atoms with Crippen LogP contribution in [0.2, 0.25) is 0 Å². The van der Waals surface area contributed by atoms with E-state index >= 15 is 0 Å². The summed E-state index contributed by atoms with van der Waals surface area (Å²) in [6.45, 7) is 3.64. The Labute approximate surface area is 166 Å². The molecule has 0 amide bonds. The summed E-state index contributed by atoms with van der Waals surface area (Å²) in [5.74, 6) is 0.273. The third-order valence-electron chi connectivity index (χ3n) is 4.31. The fourth-order valence-corrected chi connectivity index (χ4v) is 4.07. The third-order valence-corrected chi connectivity index (χ3v) is 5.80. The molecule has 0 aliphatic carbocycles. The monoisotopic (exact) mass is 396 g/mol. The van der Waals surface area contributed by atoms with E-state index in [0.717, 1.165) is 22.6 Å². The molecule has 2 N–H and O–H groups in total. The van der Waals surface area contributed by atoms with Crippen LogP contribution in [0.4, 0.5) is 22.9 Å². The van der Waals surface area contributed by atoms with Gasteiger partial charge in [-0.05, 0) is 67.4 Å². The zero-order valence-corrected chi connectivity index (χ0v) is 17.2. The lowest BCUT2D eigenvalue weighted by atomic mass is 10.2. The van der Waals surface area contributed by atoms with Gasteiger partial charge >= 0.3 is 0 Å². The van der Waals surface area contributed by atoms with Gasteiger partial charge in [-0.15, -0.1) is 0 Å². The van der Waals surface area contributed by atoms with E-state index in [1.807, 2.05) is 56.3 Å².